The molecule has 0 N–H and O–H groups in total. The van der Waals surface area contributed by atoms with Gasteiger partial charge in [-0.3, -0.25) is 0 Å². The lowest BCUT2D eigenvalue weighted by Gasteiger charge is -2.27. The summed E-state index contributed by atoms with van der Waals surface area (Å²) < 4.78 is 0. The van der Waals surface area contributed by atoms with Crippen LogP contribution in [0.2, 0.25) is 0 Å². The van der Waals surface area contributed by atoms with Crippen molar-refractivity contribution in [3.8, 4) is 0 Å². The second-order valence-corrected chi connectivity index (χ2v) is 7.84. The maximum atomic E-state index is 2.54. The fourth-order valence-electron chi connectivity index (χ4n) is 4.22. The maximum Gasteiger partial charge on any atom is -0.00191 e. The van der Waals surface area contributed by atoms with Gasteiger partial charge in [0.15, 0.2) is 0 Å². The van der Waals surface area contributed by atoms with Gasteiger partial charge in [-0.15, -0.1) is 0 Å². The molecule has 0 radical (unpaired) electrons. The monoisotopic (exact) mass is 294 g/mol. The summed E-state index contributed by atoms with van der Waals surface area (Å²) in [6.45, 7) is 5.31. The highest BCUT2D eigenvalue weighted by molar-refractivity contribution is 4.70. The molecule has 0 bridgehead atoms. The van der Waals surface area contributed by atoms with Crippen LogP contribution >= 0.6 is 0 Å². The number of likely N-dealkylation sites (tertiary alicyclic amines) is 2. The van der Waals surface area contributed by atoms with Crippen molar-refractivity contribution < 1.29 is 0 Å². The van der Waals surface area contributed by atoms with Gasteiger partial charge in [-0.2, -0.15) is 0 Å². The molecule has 0 aliphatic carbocycles. The lowest BCUT2D eigenvalue weighted by molar-refractivity contribution is 0.231. The quantitative estimate of drug-likeness (QED) is 0.758. The molecule has 2 atom stereocenters. The van der Waals surface area contributed by atoms with Gasteiger partial charge >= 0.3 is 0 Å². The van der Waals surface area contributed by atoms with E-state index in [4.69, 9.17) is 0 Å². The van der Waals surface area contributed by atoms with E-state index in [2.05, 4.69) is 23.9 Å². The molecule has 2 rings (SSSR count). The molecular formula is C19H38N2. The van der Waals surface area contributed by atoms with E-state index in [0.29, 0.717) is 0 Å². The van der Waals surface area contributed by atoms with Crippen molar-refractivity contribution in [3.63, 3.8) is 0 Å². The van der Waals surface area contributed by atoms with E-state index < -0.39 is 0 Å². The smallest absolute Gasteiger partial charge is 0.00191 e. The van der Waals surface area contributed by atoms with Gasteiger partial charge in [0.2, 0.25) is 0 Å². The summed E-state index contributed by atoms with van der Waals surface area (Å²) in [4.78, 5) is 5.08. The molecule has 2 fully saturated rings. The van der Waals surface area contributed by atoms with Crippen molar-refractivity contribution in [2.24, 2.45) is 11.8 Å². The Labute approximate surface area is 133 Å². The van der Waals surface area contributed by atoms with Gasteiger partial charge in [0.25, 0.3) is 0 Å². The van der Waals surface area contributed by atoms with Crippen molar-refractivity contribution in [2.75, 3.05) is 40.3 Å². The minimum Gasteiger partial charge on any atom is -0.306 e. The lowest BCUT2D eigenvalue weighted by Crippen LogP contribution is -2.26. The van der Waals surface area contributed by atoms with E-state index in [1.807, 2.05) is 0 Å². The summed E-state index contributed by atoms with van der Waals surface area (Å²) in [7, 11) is 4.60. The standard InChI is InChI=1S/C19H38N2/c1-20-14-5-3-8-18(12-16-20)10-7-11-19-9-4-6-15-21(2)17-13-19/h18-19H,3-17H2,1-2H3. The first-order valence-electron chi connectivity index (χ1n) is 9.61. The number of hydrogen-bond acceptors (Lipinski definition) is 2. The highest BCUT2D eigenvalue weighted by Crippen LogP contribution is 2.27. The van der Waals surface area contributed by atoms with Crippen molar-refractivity contribution in [1.29, 1.82) is 0 Å². The Kier molecular flexibility index (Phi) is 8.10. The maximum absolute atomic E-state index is 2.54. The largest absolute Gasteiger partial charge is 0.306 e. The number of rotatable bonds is 4. The zero-order valence-electron chi connectivity index (χ0n) is 14.7. The molecule has 0 aromatic heterocycles. The number of nitrogens with zero attached hydrogens (tertiary/aromatic N) is 2. The van der Waals surface area contributed by atoms with Crippen LogP contribution < -0.4 is 0 Å². The summed E-state index contributed by atoms with van der Waals surface area (Å²) in [6, 6.07) is 0. The van der Waals surface area contributed by atoms with Crippen LogP contribution in [-0.2, 0) is 0 Å². The molecular weight excluding hydrogens is 256 g/mol. The highest BCUT2D eigenvalue weighted by atomic mass is 15.1. The van der Waals surface area contributed by atoms with Gasteiger partial charge in [-0.1, -0.05) is 44.9 Å². The third-order valence-electron chi connectivity index (χ3n) is 5.87. The minimum atomic E-state index is 1.02. The van der Waals surface area contributed by atoms with Crippen molar-refractivity contribution in [2.45, 2.75) is 70.6 Å². The van der Waals surface area contributed by atoms with Crippen molar-refractivity contribution in [1.82, 2.24) is 9.80 Å². The van der Waals surface area contributed by atoms with E-state index in [1.54, 1.807) is 0 Å². The summed E-state index contributed by atoms with van der Waals surface area (Å²) in [5.74, 6) is 2.04. The van der Waals surface area contributed by atoms with Gasteiger partial charge in [0.1, 0.15) is 0 Å². The molecule has 0 saturated carbocycles. The van der Waals surface area contributed by atoms with Crippen LogP contribution in [0, 0.1) is 11.8 Å². The van der Waals surface area contributed by atoms with Gasteiger partial charge in [-0.25, -0.2) is 0 Å². The van der Waals surface area contributed by atoms with Crippen LogP contribution in [0.5, 0.6) is 0 Å². The summed E-state index contributed by atoms with van der Waals surface area (Å²) in [5, 5.41) is 0. The van der Waals surface area contributed by atoms with Crippen LogP contribution in [0.3, 0.4) is 0 Å². The fraction of sp³-hybridized carbons (Fsp3) is 1.00. The van der Waals surface area contributed by atoms with Gasteiger partial charge < -0.3 is 9.80 Å². The summed E-state index contributed by atoms with van der Waals surface area (Å²) in [5.41, 5.74) is 0. The Morgan fingerprint density at radius 1 is 0.619 bits per heavy atom. The molecule has 2 nitrogen and oxygen atoms in total. The van der Waals surface area contributed by atoms with Crippen LogP contribution in [0.4, 0.5) is 0 Å². The SMILES string of the molecule is CN1CCCCC(CCCC2CCCCN(C)CC2)CC1. The zero-order valence-corrected chi connectivity index (χ0v) is 14.7. The first kappa shape index (κ1) is 17.3. The van der Waals surface area contributed by atoms with Crippen LogP contribution in [0.1, 0.15) is 70.6 Å². The molecule has 2 heterocycles. The third kappa shape index (κ3) is 7.15. The van der Waals surface area contributed by atoms with Crippen molar-refractivity contribution >= 4 is 0 Å². The molecule has 0 aromatic carbocycles. The molecule has 2 unspecified atom stereocenters. The third-order valence-corrected chi connectivity index (χ3v) is 5.87. The van der Waals surface area contributed by atoms with Crippen LogP contribution in [0.15, 0.2) is 0 Å². The molecule has 0 amide bonds. The van der Waals surface area contributed by atoms with Crippen LogP contribution in [0.25, 0.3) is 0 Å². The van der Waals surface area contributed by atoms with E-state index in [1.165, 1.54) is 96.8 Å². The highest BCUT2D eigenvalue weighted by Gasteiger charge is 2.16. The summed E-state index contributed by atoms with van der Waals surface area (Å²) in [6.07, 6.45) is 16.1. The Morgan fingerprint density at radius 3 is 1.57 bits per heavy atom. The predicted molar refractivity (Wildman–Crippen MR) is 92.8 cm³/mol. The van der Waals surface area contributed by atoms with E-state index in [0.717, 1.165) is 11.8 Å². The molecule has 0 aromatic rings. The molecule has 2 saturated heterocycles. The molecule has 21 heavy (non-hydrogen) atoms. The molecule has 2 aliphatic heterocycles. The first-order valence-corrected chi connectivity index (χ1v) is 9.61. The average molecular weight is 295 g/mol. The number of hydrogen-bond donors (Lipinski definition) is 0. The Balaban J connectivity index is 1.62. The van der Waals surface area contributed by atoms with E-state index in [9.17, 15) is 0 Å². The van der Waals surface area contributed by atoms with E-state index in [-0.39, 0.29) is 0 Å². The van der Waals surface area contributed by atoms with Gasteiger partial charge in [0.05, 0.1) is 0 Å². The first-order chi connectivity index (χ1) is 10.2. The Bertz CT molecular complexity index is 240. The molecule has 0 spiro atoms. The van der Waals surface area contributed by atoms with Crippen LogP contribution in [-0.4, -0.2) is 50.1 Å². The normalized spacial score (nSPS) is 31.1. The second-order valence-electron chi connectivity index (χ2n) is 7.84. The van der Waals surface area contributed by atoms with Gasteiger partial charge in [-0.05, 0) is 77.8 Å². The molecule has 2 heteroatoms. The van der Waals surface area contributed by atoms with Crippen molar-refractivity contribution in [3.05, 3.63) is 0 Å². The topological polar surface area (TPSA) is 6.48 Å². The van der Waals surface area contributed by atoms with E-state index >= 15 is 0 Å². The average Bonchev–Trinajstić information content (AvgIpc) is 2.44. The second kappa shape index (κ2) is 9.84. The fourth-order valence-corrected chi connectivity index (χ4v) is 4.22. The molecule has 2 aliphatic rings. The zero-order chi connectivity index (χ0) is 14.9. The predicted octanol–water partition coefficient (Wildman–Crippen LogP) is 4.40. The minimum absolute atomic E-state index is 1.02. The Hall–Kier alpha value is -0.0800. The summed E-state index contributed by atoms with van der Waals surface area (Å²) >= 11 is 0. The Morgan fingerprint density at radius 2 is 1.10 bits per heavy atom. The van der Waals surface area contributed by atoms with Gasteiger partial charge in [0, 0.05) is 0 Å². The molecule has 124 valence electrons. The lowest BCUT2D eigenvalue weighted by atomic mass is 9.86.